The maximum absolute atomic E-state index is 11.8. The van der Waals surface area contributed by atoms with Gasteiger partial charge in [0.15, 0.2) is 0 Å². The van der Waals surface area contributed by atoms with Crippen LogP contribution in [-0.4, -0.2) is 24.4 Å². The largest absolute Gasteiger partial charge is 0.340 e. The van der Waals surface area contributed by atoms with E-state index in [2.05, 4.69) is 6.58 Å². The Labute approximate surface area is 90.2 Å². The van der Waals surface area contributed by atoms with Gasteiger partial charge in [-0.15, -0.1) is 6.58 Å². The van der Waals surface area contributed by atoms with Gasteiger partial charge in [0.05, 0.1) is 0 Å². The molecule has 0 heterocycles. The van der Waals surface area contributed by atoms with E-state index in [1.165, 1.54) is 0 Å². The van der Waals surface area contributed by atoms with Crippen molar-refractivity contribution in [2.45, 2.75) is 6.04 Å². The summed E-state index contributed by atoms with van der Waals surface area (Å²) >= 11 is 0. The number of benzene rings is 1. The van der Waals surface area contributed by atoms with Crippen molar-refractivity contribution in [3.8, 4) is 0 Å². The van der Waals surface area contributed by atoms with Crippen LogP contribution < -0.4 is 5.73 Å². The van der Waals surface area contributed by atoms with Gasteiger partial charge >= 0.3 is 0 Å². The zero-order valence-corrected chi connectivity index (χ0v) is 8.89. The van der Waals surface area contributed by atoms with E-state index in [0.717, 1.165) is 5.56 Å². The molecule has 80 valence electrons. The first kappa shape index (κ1) is 11.5. The first-order valence-electron chi connectivity index (χ1n) is 4.83. The SMILES string of the molecule is C=CCN(C)C(=O)[C@H](N)c1ccccc1. The molecule has 0 unspecified atom stereocenters. The van der Waals surface area contributed by atoms with Gasteiger partial charge in [-0.1, -0.05) is 36.4 Å². The summed E-state index contributed by atoms with van der Waals surface area (Å²) in [6.07, 6.45) is 1.68. The molecule has 1 atom stereocenters. The van der Waals surface area contributed by atoms with E-state index in [9.17, 15) is 4.79 Å². The van der Waals surface area contributed by atoms with Gasteiger partial charge in [0.2, 0.25) is 5.91 Å². The van der Waals surface area contributed by atoms with Gasteiger partial charge in [-0.3, -0.25) is 4.79 Å². The summed E-state index contributed by atoms with van der Waals surface area (Å²) in [4.78, 5) is 13.3. The van der Waals surface area contributed by atoms with Crippen LogP contribution in [0.15, 0.2) is 43.0 Å². The zero-order valence-electron chi connectivity index (χ0n) is 8.89. The molecule has 0 saturated heterocycles. The lowest BCUT2D eigenvalue weighted by Crippen LogP contribution is -2.35. The van der Waals surface area contributed by atoms with E-state index < -0.39 is 6.04 Å². The monoisotopic (exact) mass is 204 g/mol. The third kappa shape index (κ3) is 2.92. The highest BCUT2D eigenvalue weighted by Crippen LogP contribution is 2.11. The summed E-state index contributed by atoms with van der Waals surface area (Å²) in [5.74, 6) is -0.0962. The van der Waals surface area contributed by atoms with Crippen LogP contribution in [0.5, 0.6) is 0 Å². The molecule has 0 saturated carbocycles. The van der Waals surface area contributed by atoms with E-state index in [0.29, 0.717) is 6.54 Å². The van der Waals surface area contributed by atoms with E-state index in [4.69, 9.17) is 5.73 Å². The molecule has 15 heavy (non-hydrogen) atoms. The fourth-order valence-corrected chi connectivity index (χ4v) is 1.32. The summed E-state index contributed by atoms with van der Waals surface area (Å²) in [6.45, 7) is 4.09. The van der Waals surface area contributed by atoms with E-state index in [1.807, 2.05) is 30.3 Å². The number of hydrogen-bond donors (Lipinski definition) is 1. The number of nitrogens with two attached hydrogens (primary N) is 1. The average Bonchev–Trinajstić information content (AvgIpc) is 2.28. The standard InChI is InChI=1S/C12H16N2O/c1-3-9-14(2)12(15)11(13)10-7-5-4-6-8-10/h3-8,11H,1,9,13H2,2H3/t11-/m1/s1. The Bertz CT molecular complexity index is 335. The fourth-order valence-electron chi connectivity index (χ4n) is 1.32. The molecule has 0 radical (unpaired) electrons. The molecule has 1 aromatic carbocycles. The van der Waals surface area contributed by atoms with Crippen LogP contribution >= 0.6 is 0 Å². The summed E-state index contributed by atoms with van der Waals surface area (Å²) in [5, 5.41) is 0. The van der Waals surface area contributed by atoms with Gasteiger partial charge in [-0.25, -0.2) is 0 Å². The van der Waals surface area contributed by atoms with Crippen molar-refractivity contribution < 1.29 is 4.79 Å². The molecule has 0 bridgehead atoms. The molecule has 1 aromatic rings. The summed E-state index contributed by atoms with van der Waals surface area (Å²) < 4.78 is 0. The third-order valence-corrected chi connectivity index (χ3v) is 2.20. The number of nitrogens with zero attached hydrogens (tertiary/aromatic N) is 1. The van der Waals surface area contributed by atoms with E-state index >= 15 is 0 Å². The lowest BCUT2D eigenvalue weighted by atomic mass is 10.1. The number of rotatable bonds is 4. The molecular weight excluding hydrogens is 188 g/mol. The van der Waals surface area contributed by atoms with Crippen molar-refractivity contribution in [1.29, 1.82) is 0 Å². The first-order chi connectivity index (χ1) is 7.16. The molecule has 3 nitrogen and oxygen atoms in total. The highest BCUT2D eigenvalue weighted by Gasteiger charge is 2.18. The number of hydrogen-bond acceptors (Lipinski definition) is 2. The van der Waals surface area contributed by atoms with Crippen LogP contribution in [0.4, 0.5) is 0 Å². The maximum atomic E-state index is 11.8. The molecule has 0 aliphatic carbocycles. The highest BCUT2D eigenvalue weighted by atomic mass is 16.2. The molecule has 2 N–H and O–H groups in total. The second-order valence-corrected chi connectivity index (χ2v) is 3.40. The first-order valence-corrected chi connectivity index (χ1v) is 4.83. The Morgan fingerprint density at radius 2 is 2.13 bits per heavy atom. The Balaban J connectivity index is 2.72. The Morgan fingerprint density at radius 1 is 1.53 bits per heavy atom. The Morgan fingerprint density at radius 3 is 2.67 bits per heavy atom. The minimum atomic E-state index is -0.587. The smallest absolute Gasteiger partial charge is 0.244 e. The molecule has 0 aliphatic rings. The Hall–Kier alpha value is -1.61. The maximum Gasteiger partial charge on any atom is 0.244 e. The third-order valence-electron chi connectivity index (χ3n) is 2.20. The van der Waals surface area contributed by atoms with Gasteiger partial charge in [-0.2, -0.15) is 0 Å². The van der Waals surface area contributed by atoms with E-state index in [1.54, 1.807) is 18.0 Å². The average molecular weight is 204 g/mol. The second-order valence-electron chi connectivity index (χ2n) is 3.40. The van der Waals surface area contributed by atoms with Gasteiger partial charge in [0.25, 0.3) is 0 Å². The van der Waals surface area contributed by atoms with Crippen molar-refractivity contribution >= 4 is 5.91 Å². The van der Waals surface area contributed by atoms with Crippen LogP contribution in [0, 0.1) is 0 Å². The summed E-state index contributed by atoms with van der Waals surface area (Å²) in [5.41, 5.74) is 6.68. The topological polar surface area (TPSA) is 46.3 Å². The van der Waals surface area contributed by atoms with Crippen molar-refractivity contribution in [3.63, 3.8) is 0 Å². The van der Waals surface area contributed by atoms with Gasteiger partial charge in [-0.05, 0) is 5.56 Å². The van der Waals surface area contributed by atoms with Crippen LogP contribution in [0.25, 0.3) is 0 Å². The fraction of sp³-hybridized carbons (Fsp3) is 0.250. The lowest BCUT2D eigenvalue weighted by molar-refractivity contribution is -0.130. The van der Waals surface area contributed by atoms with Crippen LogP contribution in [0.1, 0.15) is 11.6 Å². The number of carbonyl (C=O) groups is 1. The van der Waals surface area contributed by atoms with Gasteiger partial charge in [0.1, 0.15) is 6.04 Å². The molecule has 0 spiro atoms. The van der Waals surface area contributed by atoms with Crippen LogP contribution in [-0.2, 0) is 4.79 Å². The number of likely N-dealkylation sites (N-methyl/N-ethyl adjacent to an activating group) is 1. The van der Waals surface area contributed by atoms with Crippen LogP contribution in [0.3, 0.4) is 0 Å². The molecule has 1 rings (SSSR count). The quantitative estimate of drug-likeness (QED) is 0.752. The summed E-state index contributed by atoms with van der Waals surface area (Å²) in [6, 6.07) is 8.76. The zero-order chi connectivity index (χ0) is 11.3. The minimum absolute atomic E-state index is 0.0962. The molecule has 1 amide bonds. The predicted octanol–water partition coefficient (Wildman–Crippen LogP) is 1.33. The van der Waals surface area contributed by atoms with Crippen LogP contribution in [0.2, 0.25) is 0 Å². The molecule has 0 fully saturated rings. The molecule has 3 heteroatoms. The highest BCUT2D eigenvalue weighted by molar-refractivity contribution is 5.82. The number of carbonyl (C=O) groups excluding carboxylic acids is 1. The minimum Gasteiger partial charge on any atom is -0.340 e. The predicted molar refractivity (Wildman–Crippen MR) is 61.2 cm³/mol. The number of amides is 1. The van der Waals surface area contributed by atoms with Gasteiger partial charge in [0, 0.05) is 13.6 Å². The molecular formula is C12H16N2O. The van der Waals surface area contributed by atoms with Crippen molar-refractivity contribution in [3.05, 3.63) is 48.6 Å². The van der Waals surface area contributed by atoms with E-state index in [-0.39, 0.29) is 5.91 Å². The molecule has 0 aromatic heterocycles. The van der Waals surface area contributed by atoms with Crippen molar-refractivity contribution in [1.82, 2.24) is 4.90 Å². The second kappa shape index (κ2) is 5.32. The lowest BCUT2D eigenvalue weighted by Gasteiger charge is -2.19. The molecule has 0 aliphatic heterocycles. The van der Waals surface area contributed by atoms with Crippen molar-refractivity contribution in [2.75, 3.05) is 13.6 Å². The van der Waals surface area contributed by atoms with Gasteiger partial charge < -0.3 is 10.6 Å². The summed E-state index contributed by atoms with van der Waals surface area (Å²) in [7, 11) is 1.72. The Kier molecular flexibility index (Phi) is 4.06. The normalized spacial score (nSPS) is 11.9. The van der Waals surface area contributed by atoms with Crippen molar-refractivity contribution in [2.24, 2.45) is 5.73 Å².